The number of hydrogen-bond donors (Lipinski definition) is 2. The van der Waals surface area contributed by atoms with Gasteiger partial charge in [-0.3, -0.25) is 9.78 Å². The number of halogens is 2. The van der Waals surface area contributed by atoms with Gasteiger partial charge < -0.3 is 10.6 Å². The highest BCUT2D eigenvalue weighted by Crippen LogP contribution is 2.23. The van der Waals surface area contributed by atoms with Crippen molar-refractivity contribution in [3.8, 4) is 16.9 Å². The second-order valence-corrected chi connectivity index (χ2v) is 7.53. The number of nitrogens with one attached hydrogen (secondary N) is 2. The predicted molar refractivity (Wildman–Crippen MR) is 128 cm³/mol. The summed E-state index contributed by atoms with van der Waals surface area (Å²) in [6.45, 7) is 2.61. The van der Waals surface area contributed by atoms with Crippen LogP contribution in [0.25, 0.3) is 16.9 Å². The summed E-state index contributed by atoms with van der Waals surface area (Å²) in [6, 6.07) is 13.9. The highest BCUT2D eigenvalue weighted by Gasteiger charge is 2.16. The molecule has 0 aliphatic carbocycles. The average molecular weight is 462 g/mol. The normalized spacial score (nSPS) is 13.7. The Kier molecular flexibility index (Phi) is 9.98. The molecule has 0 spiro atoms. The third kappa shape index (κ3) is 6.79. The van der Waals surface area contributed by atoms with E-state index in [2.05, 4.69) is 15.6 Å². The van der Waals surface area contributed by atoms with Gasteiger partial charge in [-0.25, -0.2) is 4.68 Å². The maximum absolute atomic E-state index is 12.4. The third-order valence-electron chi connectivity index (χ3n) is 5.48. The van der Waals surface area contributed by atoms with Crippen LogP contribution in [-0.2, 0) is 11.3 Å². The Morgan fingerprint density at radius 1 is 1.06 bits per heavy atom. The second-order valence-electron chi connectivity index (χ2n) is 7.53. The minimum absolute atomic E-state index is 0. The van der Waals surface area contributed by atoms with Gasteiger partial charge in [0.25, 0.3) is 0 Å². The molecule has 0 radical (unpaired) electrons. The molecule has 1 fully saturated rings. The molecule has 1 amide bonds. The number of carbonyl (C=O) groups excluding carboxylic acids is 1. The van der Waals surface area contributed by atoms with Gasteiger partial charge in [0.1, 0.15) is 0 Å². The molecule has 0 bridgehead atoms. The fourth-order valence-corrected chi connectivity index (χ4v) is 3.79. The molecule has 2 N–H and O–H groups in total. The van der Waals surface area contributed by atoms with Crippen LogP contribution in [0.2, 0.25) is 0 Å². The van der Waals surface area contributed by atoms with Gasteiger partial charge in [0, 0.05) is 42.7 Å². The molecule has 4 rings (SSSR count). The van der Waals surface area contributed by atoms with Crippen molar-refractivity contribution in [2.75, 3.05) is 13.1 Å². The summed E-state index contributed by atoms with van der Waals surface area (Å²) in [5.74, 6) is 0.770. The summed E-state index contributed by atoms with van der Waals surface area (Å²) in [6.07, 6.45) is 9.41. The van der Waals surface area contributed by atoms with Crippen LogP contribution in [0.15, 0.2) is 61.1 Å². The molecule has 0 atom stereocenters. The first kappa shape index (κ1) is 24.9. The van der Waals surface area contributed by atoms with Crippen LogP contribution in [0.4, 0.5) is 0 Å². The van der Waals surface area contributed by atoms with Gasteiger partial charge in [-0.2, -0.15) is 5.10 Å². The smallest absolute Gasteiger partial charge is 0.220 e. The van der Waals surface area contributed by atoms with Crippen LogP contribution in [0.3, 0.4) is 0 Å². The van der Waals surface area contributed by atoms with Gasteiger partial charge in [-0.05, 0) is 62.5 Å². The Bertz CT molecular complexity index is 928. The first-order chi connectivity index (χ1) is 14.3. The number of para-hydroxylation sites is 1. The van der Waals surface area contributed by atoms with E-state index in [9.17, 15) is 4.79 Å². The summed E-state index contributed by atoms with van der Waals surface area (Å²) >= 11 is 0. The zero-order valence-corrected chi connectivity index (χ0v) is 19.0. The Morgan fingerprint density at radius 2 is 1.77 bits per heavy atom. The second kappa shape index (κ2) is 12.4. The number of aromatic nitrogens is 3. The van der Waals surface area contributed by atoms with Crippen molar-refractivity contribution in [3.63, 3.8) is 0 Å². The van der Waals surface area contributed by atoms with Gasteiger partial charge in [0.2, 0.25) is 5.91 Å². The molecule has 3 heterocycles. The minimum atomic E-state index is 0. The Morgan fingerprint density at radius 3 is 2.48 bits per heavy atom. The number of amides is 1. The molecule has 1 aromatic carbocycles. The van der Waals surface area contributed by atoms with E-state index in [4.69, 9.17) is 5.10 Å². The van der Waals surface area contributed by atoms with Crippen LogP contribution >= 0.6 is 24.8 Å². The van der Waals surface area contributed by atoms with E-state index in [-0.39, 0.29) is 30.7 Å². The van der Waals surface area contributed by atoms with E-state index in [1.807, 2.05) is 53.3 Å². The number of carbonyl (C=O) groups is 1. The number of pyridine rings is 1. The molecule has 3 aromatic rings. The summed E-state index contributed by atoms with van der Waals surface area (Å²) in [5.41, 5.74) is 3.85. The molecule has 166 valence electrons. The lowest BCUT2D eigenvalue weighted by Crippen LogP contribution is -2.29. The van der Waals surface area contributed by atoms with Gasteiger partial charge >= 0.3 is 0 Å². The van der Waals surface area contributed by atoms with Crippen molar-refractivity contribution in [2.45, 2.75) is 32.2 Å². The van der Waals surface area contributed by atoms with E-state index < -0.39 is 0 Å². The lowest BCUT2D eigenvalue weighted by molar-refractivity contribution is -0.121. The highest BCUT2D eigenvalue weighted by atomic mass is 35.5. The van der Waals surface area contributed by atoms with E-state index in [1.54, 1.807) is 12.4 Å². The van der Waals surface area contributed by atoms with E-state index in [0.717, 1.165) is 42.0 Å². The van der Waals surface area contributed by atoms with Crippen molar-refractivity contribution in [1.29, 1.82) is 0 Å². The molecular formula is C23H29Cl2N5O. The fourth-order valence-electron chi connectivity index (χ4n) is 3.79. The number of piperidine rings is 1. The van der Waals surface area contributed by atoms with Crippen LogP contribution < -0.4 is 10.6 Å². The van der Waals surface area contributed by atoms with Gasteiger partial charge in [-0.15, -0.1) is 24.8 Å². The van der Waals surface area contributed by atoms with Crippen LogP contribution in [0.1, 0.15) is 31.2 Å². The SMILES string of the molecule is Cl.Cl.O=C(CCC1CCNCC1)NCc1cn(-c2ccccc2)nc1-c1ccncc1. The van der Waals surface area contributed by atoms with Crippen molar-refractivity contribution < 1.29 is 4.79 Å². The molecule has 31 heavy (non-hydrogen) atoms. The zero-order chi connectivity index (χ0) is 19.9. The molecule has 6 nitrogen and oxygen atoms in total. The first-order valence-corrected chi connectivity index (χ1v) is 10.3. The Labute approximate surface area is 195 Å². The molecule has 8 heteroatoms. The Balaban J connectivity index is 0.00000171. The van der Waals surface area contributed by atoms with E-state index >= 15 is 0 Å². The summed E-state index contributed by atoms with van der Waals surface area (Å²) in [5, 5.41) is 11.2. The van der Waals surface area contributed by atoms with E-state index in [1.165, 1.54) is 12.8 Å². The fraction of sp³-hybridized carbons (Fsp3) is 0.348. The summed E-state index contributed by atoms with van der Waals surface area (Å²) < 4.78 is 1.87. The quantitative estimate of drug-likeness (QED) is 0.553. The Hall–Kier alpha value is -2.41. The topological polar surface area (TPSA) is 71.8 Å². The van der Waals surface area contributed by atoms with E-state index in [0.29, 0.717) is 18.9 Å². The number of nitrogens with zero attached hydrogens (tertiary/aromatic N) is 3. The number of rotatable bonds is 7. The lowest BCUT2D eigenvalue weighted by Gasteiger charge is -2.22. The van der Waals surface area contributed by atoms with Gasteiger partial charge in [-0.1, -0.05) is 18.2 Å². The summed E-state index contributed by atoms with van der Waals surface area (Å²) in [7, 11) is 0. The average Bonchev–Trinajstić information content (AvgIpc) is 3.22. The largest absolute Gasteiger partial charge is 0.352 e. The molecule has 0 unspecified atom stereocenters. The highest BCUT2D eigenvalue weighted by molar-refractivity contribution is 5.85. The molecule has 1 saturated heterocycles. The van der Waals surface area contributed by atoms with Gasteiger partial charge in [0.05, 0.1) is 11.4 Å². The monoisotopic (exact) mass is 461 g/mol. The van der Waals surface area contributed by atoms with Crippen LogP contribution in [0, 0.1) is 5.92 Å². The molecule has 0 saturated carbocycles. The third-order valence-corrected chi connectivity index (χ3v) is 5.48. The molecule has 1 aliphatic heterocycles. The zero-order valence-electron chi connectivity index (χ0n) is 17.4. The number of benzene rings is 1. The van der Waals surface area contributed by atoms with Gasteiger partial charge in [0.15, 0.2) is 0 Å². The van der Waals surface area contributed by atoms with Crippen molar-refractivity contribution >= 4 is 30.7 Å². The molecule has 1 aliphatic rings. The van der Waals surface area contributed by atoms with Crippen molar-refractivity contribution in [1.82, 2.24) is 25.4 Å². The van der Waals surface area contributed by atoms with Crippen LogP contribution in [-0.4, -0.2) is 33.8 Å². The number of hydrogen-bond acceptors (Lipinski definition) is 4. The maximum atomic E-state index is 12.4. The first-order valence-electron chi connectivity index (χ1n) is 10.3. The maximum Gasteiger partial charge on any atom is 0.220 e. The minimum Gasteiger partial charge on any atom is -0.352 e. The lowest BCUT2D eigenvalue weighted by atomic mass is 9.93. The van der Waals surface area contributed by atoms with Crippen LogP contribution in [0.5, 0.6) is 0 Å². The summed E-state index contributed by atoms with van der Waals surface area (Å²) in [4.78, 5) is 16.5. The van der Waals surface area contributed by atoms with Crippen molar-refractivity contribution in [3.05, 3.63) is 66.6 Å². The molecule has 2 aromatic heterocycles. The standard InChI is InChI=1S/C23H27N5O.2ClH/c29-22(7-6-18-8-12-24-13-9-18)26-16-20-17-28(21-4-2-1-3-5-21)27-23(20)19-10-14-25-15-11-19;;/h1-5,10-11,14-15,17-18,24H,6-9,12-13,16H2,(H,26,29);2*1H. The predicted octanol–water partition coefficient (Wildman–Crippen LogP) is 4.17. The molecular weight excluding hydrogens is 433 g/mol. The van der Waals surface area contributed by atoms with Crippen molar-refractivity contribution in [2.24, 2.45) is 5.92 Å².